The molecule has 0 atom stereocenters. The molecule has 0 fully saturated rings. The number of aryl methyl sites for hydroxylation is 1. The van der Waals surface area contributed by atoms with Gasteiger partial charge < -0.3 is 4.74 Å². The van der Waals surface area contributed by atoms with Crippen LogP contribution in [0.4, 0.5) is 13.2 Å². The number of halogens is 4. The Morgan fingerprint density at radius 3 is 2.47 bits per heavy atom. The van der Waals surface area contributed by atoms with Crippen LogP contribution in [0.25, 0.3) is 0 Å². The van der Waals surface area contributed by atoms with Gasteiger partial charge in [0.2, 0.25) is 0 Å². The number of ether oxygens (including phenoxy) is 1. The maximum absolute atomic E-state index is 12.3. The van der Waals surface area contributed by atoms with Crippen LogP contribution >= 0.6 is 11.6 Å². The second kappa shape index (κ2) is 4.96. The van der Waals surface area contributed by atoms with Crippen molar-refractivity contribution in [3.63, 3.8) is 0 Å². The second-order valence-electron chi connectivity index (χ2n) is 3.36. The third kappa shape index (κ3) is 3.12. The first-order valence-electron chi connectivity index (χ1n) is 4.81. The fraction of sp³-hybridized carbons (Fsp3) is 0.364. The molecule has 0 radical (unpaired) electrons. The van der Waals surface area contributed by atoms with Crippen molar-refractivity contribution in [2.24, 2.45) is 0 Å². The Kier molecular flexibility index (Phi) is 4.03. The van der Waals surface area contributed by atoms with Gasteiger partial charge in [0, 0.05) is 5.56 Å². The number of carbonyl (C=O) groups excluding carboxylic acids is 1. The summed E-state index contributed by atoms with van der Waals surface area (Å²) < 4.78 is 41.9. The molecule has 6 heteroatoms. The predicted molar refractivity (Wildman–Crippen MR) is 57.7 cm³/mol. The molecule has 0 heterocycles. The van der Waals surface area contributed by atoms with Gasteiger partial charge in [-0.3, -0.25) is 4.79 Å². The summed E-state index contributed by atoms with van der Waals surface area (Å²) >= 11 is 5.64. The highest BCUT2D eigenvalue weighted by atomic mass is 35.5. The van der Waals surface area contributed by atoms with Crippen molar-refractivity contribution in [3.8, 4) is 5.75 Å². The van der Waals surface area contributed by atoms with Crippen LogP contribution in [0.2, 0.25) is 5.02 Å². The van der Waals surface area contributed by atoms with Gasteiger partial charge in [0.05, 0.1) is 11.6 Å². The fourth-order valence-corrected chi connectivity index (χ4v) is 1.54. The molecule has 0 aliphatic heterocycles. The van der Waals surface area contributed by atoms with Crippen LogP contribution in [0.1, 0.15) is 22.8 Å². The lowest BCUT2D eigenvalue weighted by atomic mass is 10.1. The summed E-state index contributed by atoms with van der Waals surface area (Å²) in [5.74, 6) is -1.58. The number of ketones is 1. The summed E-state index contributed by atoms with van der Waals surface area (Å²) in [6.07, 6.45) is -4.93. The molecular formula is C11H10ClF3O2. The molecule has 0 aliphatic carbocycles. The van der Waals surface area contributed by atoms with Crippen LogP contribution in [0, 0.1) is 6.92 Å². The van der Waals surface area contributed by atoms with Crippen LogP contribution in [-0.4, -0.2) is 18.6 Å². The van der Waals surface area contributed by atoms with E-state index in [0.29, 0.717) is 17.9 Å². The van der Waals surface area contributed by atoms with Crippen LogP contribution < -0.4 is 4.74 Å². The molecule has 0 saturated carbocycles. The maximum Gasteiger partial charge on any atom is 0.454 e. The van der Waals surface area contributed by atoms with Gasteiger partial charge in [-0.1, -0.05) is 11.6 Å². The zero-order chi connectivity index (χ0) is 13.2. The molecule has 0 aromatic heterocycles. The second-order valence-corrected chi connectivity index (χ2v) is 3.76. The highest BCUT2D eigenvalue weighted by Gasteiger charge is 2.40. The predicted octanol–water partition coefficient (Wildman–Crippen LogP) is 3.79. The number of Topliss-reactive ketones (excluding diaryl/α,β-unsaturated/α-hetero) is 1. The third-order valence-electron chi connectivity index (χ3n) is 2.07. The Labute approximate surface area is 101 Å². The quantitative estimate of drug-likeness (QED) is 0.778. The Morgan fingerprint density at radius 2 is 2.00 bits per heavy atom. The highest BCUT2D eigenvalue weighted by molar-refractivity contribution is 6.34. The van der Waals surface area contributed by atoms with Crippen molar-refractivity contribution in [2.75, 3.05) is 6.61 Å². The average molecular weight is 267 g/mol. The molecule has 94 valence electrons. The molecule has 0 N–H and O–H groups in total. The standard InChI is InChI=1S/C11H10ClF3O2/c1-3-17-9-5-8(12)7(4-6(9)2)10(16)11(13,14)15/h4-5H,3H2,1-2H3. The monoisotopic (exact) mass is 266 g/mol. The number of alkyl halides is 3. The van der Waals surface area contributed by atoms with Gasteiger partial charge in [-0.25, -0.2) is 0 Å². The summed E-state index contributed by atoms with van der Waals surface area (Å²) in [5, 5.41) is -0.263. The minimum absolute atomic E-state index is 0.263. The molecular weight excluding hydrogens is 257 g/mol. The SMILES string of the molecule is CCOc1cc(Cl)c(C(=O)C(F)(F)F)cc1C. The van der Waals surface area contributed by atoms with E-state index in [1.165, 1.54) is 6.07 Å². The van der Waals surface area contributed by atoms with E-state index in [1.54, 1.807) is 13.8 Å². The Hall–Kier alpha value is -1.23. The molecule has 1 aromatic rings. The summed E-state index contributed by atoms with van der Waals surface area (Å²) in [4.78, 5) is 11.1. The van der Waals surface area contributed by atoms with Crippen molar-refractivity contribution in [1.29, 1.82) is 0 Å². The number of hydrogen-bond acceptors (Lipinski definition) is 2. The van der Waals surface area contributed by atoms with E-state index in [0.717, 1.165) is 6.07 Å². The van der Waals surface area contributed by atoms with E-state index < -0.39 is 17.5 Å². The maximum atomic E-state index is 12.3. The normalized spacial score (nSPS) is 11.4. The number of benzene rings is 1. The smallest absolute Gasteiger partial charge is 0.454 e. The Balaban J connectivity index is 3.20. The molecule has 0 spiro atoms. The molecule has 17 heavy (non-hydrogen) atoms. The van der Waals surface area contributed by atoms with Gasteiger partial charge in [0.1, 0.15) is 5.75 Å². The van der Waals surface area contributed by atoms with Crippen LogP contribution in [0.15, 0.2) is 12.1 Å². The molecule has 2 nitrogen and oxygen atoms in total. The first kappa shape index (κ1) is 13.8. The minimum atomic E-state index is -4.93. The lowest BCUT2D eigenvalue weighted by Crippen LogP contribution is -2.23. The summed E-state index contributed by atoms with van der Waals surface area (Å²) in [5.41, 5.74) is -0.121. The van der Waals surface area contributed by atoms with Crippen LogP contribution in [0.5, 0.6) is 5.75 Å². The zero-order valence-electron chi connectivity index (χ0n) is 9.19. The Bertz CT molecular complexity index is 441. The van der Waals surface area contributed by atoms with Gasteiger partial charge in [-0.05, 0) is 31.5 Å². The first-order chi connectivity index (χ1) is 7.77. The molecule has 1 aromatic carbocycles. The number of rotatable bonds is 3. The van der Waals surface area contributed by atoms with E-state index in [2.05, 4.69) is 0 Å². The van der Waals surface area contributed by atoms with Crippen molar-refractivity contribution in [3.05, 3.63) is 28.3 Å². The van der Waals surface area contributed by atoms with Gasteiger partial charge >= 0.3 is 6.18 Å². The van der Waals surface area contributed by atoms with Gasteiger partial charge in [-0.2, -0.15) is 13.2 Å². The van der Waals surface area contributed by atoms with E-state index in [1.807, 2.05) is 0 Å². The largest absolute Gasteiger partial charge is 0.494 e. The number of hydrogen-bond donors (Lipinski definition) is 0. The van der Waals surface area contributed by atoms with E-state index >= 15 is 0 Å². The van der Waals surface area contributed by atoms with E-state index in [9.17, 15) is 18.0 Å². The molecule has 0 amide bonds. The van der Waals surface area contributed by atoms with Crippen molar-refractivity contribution in [1.82, 2.24) is 0 Å². The summed E-state index contributed by atoms with van der Waals surface area (Å²) in [7, 11) is 0. The van der Waals surface area contributed by atoms with Crippen molar-refractivity contribution >= 4 is 17.4 Å². The van der Waals surface area contributed by atoms with Crippen molar-refractivity contribution < 1.29 is 22.7 Å². The van der Waals surface area contributed by atoms with E-state index in [-0.39, 0.29) is 5.02 Å². The Morgan fingerprint density at radius 1 is 1.41 bits per heavy atom. The lowest BCUT2D eigenvalue weighted by molar-refractivity contribution is -0.0885. The zero-order valence-corrected chi connectivity index (χ0v) is 9.95. The van der Waals surface area contributed by atoms with Crippen molar-refractivity contribution in [2.45, 2.75) is 20.0 Å². The molecule has 0 unspecified atom stereocenters. The molecule has 1 rings (SSSR count). The topological polar surface area (TPSA) is 26.3 Å². The highest BCUT2D eigenvalue weighted by Crippen LogP contribution is 2.31. The van der Waals surface area contributed by atoms with E-state index in [4.69, 9.17) is 16.3 Å². The number of carbonyl (C=O) groups is 1. The lowest BCUT2D eigenvalue weighted by Gasteiger charge is -2.11. The third-order valence-corrected chi connectivity index (χ3v) is 2.38. The van der Waals surface area contributed by atoms with Crippen LogP contribution in [0.3, 0.4) is 0 Å². The molecule has 0 saturated heterocycles. The molecule has 0 aliphatic rings. The van der Waals surface area contributed by atoms with Gasteiger partial charge in [-0.15, -0.1) is 0 Å². The summed E-state index contributed by atoms with van der Waals surface area (Å²) in [6.45, 7) is 3.65. The molecule has 0 bridgehead atoms. The summed E-state index contributed by atoms with van der Waals surface area (Å²) in [6, 6.07) is 2.31. The van der Waals surface area contributed by atoms with Crippen LogP contribution in [-0.2, 0) is 0 Å². The van der Waals surface area contributed by atoms with Gasteiger partial charge in [0.15, 0.2) is 0 Å². The first-order valence-corrected chi connectivity index (χ1v) is 5.19. The average Bonchev–Trinajstić information content (AvgIpc) is 2.21. The fourth-order valence-electron chi connectivity index (χ4n) is 1.30. The van der Waals surface area contributed by atoms with Gasteiger partial charge in [0.25, 0.3) is 5.78 Å². The minimum Gasteiger partial charge on any atom is -0.494 e.